The summed E-state index contributed by atoms with van der Waals surface area (Å²) in [7, 11) is -2.72. The van der Waals surface area contributed by atoms with Gasteiger partial charge in [0.05, 0.1) is 5.92 Å². The van der Waals surface area contributed by atoms with E-state index < -0.39 is 27.9 Å². The number of halogens is 3. The molecule has 32 heavy (non-hydrogen) atoms. The Balaban J connectivity index is 1.50. The largest absolute Gasteiger partial charge is 0.404 e. The van der Waals surface area contributed by atoms with Crippen LogP contribution < -0.4 is 10.6 Å². The average Bonchev–Trinajstić information content (AvgIpc) is 3.14. The van der Waals surface area contributed by atoms with Crippen LogP contribution in [0.15, 0.2) is 34.9 Å². The third kappa shape index (κ3) is 4.62. The third-order valence-corrected chi connectivity index (χ3v) is 6.44. The van der Waals surface area contributed by atoms with Gasteiger partial charge in [0, 0.05) is 25.8 Å². The normalized spacial score (nSPS) is 15.5. The maximum Gasteiger partial charge on any atom is 0.404 e. The van der Waals surface area contributed by atoms with E-state index in [4.69, 9.17) is 10.3 Å². The van der Waals surface area contributed by atoms with E-state index in [1.807, 2.05) is 30.3 Å². The number of nitrogens with two attached hydrogens (primary N) is 1. The Bertz CT molecular complexity index is 1210. The molecule has 0 unspecified atom stereocenters. The Morgan fingerprint density at radius 3 is 2.47 bits per heavy atom. The quantitative estimate of drug-likeness (QED) is 0.563. The molecule has 0 amide bonds. The predicted octanol–water partition coefficient (Wildman–Crippen LogP) is 1.56. The molecule has 2 aromatic heterocycles. The second-order valence-corrected chi connectivity index (χ2v) is 9.02. The molecule has 11 nitrogen and oxygen atoms in total. The molecule has 1 aliphatic rings. The van der Waals surface area contributed by atoms with Crippen molar-refractivity contribution < 1.29 is 26.1 Å². The molecule has 0 aliphatic carbocycles. The lowest BCUT2D eigenvalue weighted by Gasteiger charge is -2.35. The van der Waals surface area contributed by atoms with Crippen LogP contribution in [-0.4, -0.2) is 69.9 Å². The molecule has 170 valence electrons. The summed E-state index contributed by atoms with van der Waals surface area (Å²) in [4.78, 5) is 18.2. The fourth-order valence-corrected chi connectivity index (χ4v) is 4.42. The SMILES string of the molecule is CN(c1ccccc1)c1nc(N)nc(-c2noc(C3CN(S(=O)(=O)CC(F)(F)F)C3)n2)n1. The van der Waals surface area contributed by atoms with Crippen LogP contribution in [0.4, 0.5) is 30.8 Å². The van der Waals surface area contributed by atoms with Gasteiger partial charge >= 0.3 is 6.18 Å². The van der Waals surface area contributed by atoms with Crippen LogP contribution in [0.5, 0.6) is 0 Å². The summed E-state index contributed by atoms with van der Waals surface area (Å²) < 4.78 is 66.7. The van der Waals surface area contributed by atoms with E-state index in [1.54, 1.807) is 11.9 Å². The van der Waals surface area contributed by atoms with Crippen LogP contribution in [0.25, 0.3) is 11.6 Å². The van der Waals surface area contributed by atoms with Crippen LogP contribution in [-0.2, 0) is 10.0 Å². The first kappa shape index (κ1) is 21.9. The molecule has 0 saturated carbocycles. The average molecular weight is 470 g/mol. The van der Waals surface area contributed by atoms with Crippen molar-refractivity contribution in [1.29, 1.82) is 0 Å². The Morgan fingerprint density at radius 2 is 1.81 bits per heavy atom. The number of hydrogen-bond acceptors (Lipinski definition) is 10. The first-order valence-electron chi connectivity index (χ1n) is 9.21. The van der Waals surface area contributed by atoms with Crippen molar-refractivity contribution in [2.75, 3.05) is 36.5 Å². The predicted molar refractivity (Wildman–Crippen MR) is 106 cm³/mol. The summed E-state index contributed by atoms with van der Waals surface area (Å²) in [5, 5.41) is 3.79. The van der Waals surface area contributed by atoms with E-state index in [9.17, 15) is 21.6 Å². The number of para-hydroxylation sites is 1. The van der Waals surface area contributed by atoms with Gasteiger partial charge in [-0.05, 0) is 12.1 Å². The summed E-state index contributed by atoms with van der Waals surface area (Å²) in [6, 6.07) is 9.25. The number of hydrogen-bond donors (Lipinski definition) is 1. The molecule has 15 heteroatoms. The lowest BCUT2D eigenvalue weighted by molar-refractivity contribution is -0.107. The maximum absolute atomic E-state index is 12.4. The lowest BCUT2D eigenvalue weighted by atomic mass is 10.0. The van der Waals surface area contributed by atoms with E-state index in [-0.39, 0.29) is 42.5 Å². The first-order valence-corrected chi connectivity index (χ1v) is 10.8. The highest BCUT2D eigenvalue weighted by Crippen LogP contribution is 2.31. The van der Waals surface area contributed by atoms with Gasteiger partial charge in [-0.2, -0.15) is 37.4 Å². The number of nitrogens with zero attached hydrogens (tertiary/aromatic N) is 7. The monoisotopic (exact) mass is 470 g/mol. The number of anilines is 3. The number of sulfonamides is 1. The maximum atomic E-state index is 12.4. The number of benzene rings is 1. The highest BCUT2D eigenvalue weighted by atomic mass is 32.2. The molecule has 0 spiro atoms. The molecular formula is C17H17F3N8O3S. The molecule has 2 N–H and O–H groups in total. The zero-order valence-corrected chi connectivity index (χ0v) is 17.4. The fraction of sp³-hybridized carbons (Fsp3) is 0.353. The van der Waals surface area contributed by atoms with Gasteiger partial charge in [0.2, 0.25) is 39.5 Å². The second-order valence-electron chi connectivity index (χ2n) is 7.05. The van der Waals surface area contributed by atoms with E-state index in [0.717, 1.165) is 9.99 Å². The van der Waals surface area contributed by atoms with E-state index in [2.05, 4.69) is 25.1 Å². The summed E-state index contributed by atoms with van der Waals surface area (Å²) in [5.74, 6) is -2.20. The standard InChI is InChI=1S/C17H17F3N8O3S/c1-27(11-5-3-2-4-6-11)16-24-12(23-15(21)25-16)13-22-14(31-26-13)10-7-28(8-10)32(29,30)9-17(18,19)20/h2-6,10H,7-9H2,1H3,(H2,21,23,24,25). The lowest BCUT2D eigenvalue weighted by Crippen LogP contribution is -2.50. The van der Waals surface area contributed by atoms with Gasteiger partial charge in [0.1, 0.15) is 0 Å². The molecule has 0 atom stereocenters. The minimum Gasteiger partial charge on any atom is -0.368 e. The van der Waals surface area contributed by atoms with Gasteiger partial charge in [-0.25, -0.2) is 8.42 Å². The summed E-state index contributed by atoms with van der Waals surface area (Å²) in [5.41, 5.74) is 6.59. The minimum atomic E-state index is -4.81. The van der Waals surface area contributed by atoms with Crippen molar-refractivity contribution in [3.8, 4) is 11.6 Å². The molecule has 1 aromatic carbocycles. The zero-order valence-electron chi connectivity index (χ0n) is 16.6. The van der Waals surface area contributed by atoms with Gasteiger partial charge in [0.25, 0.3) is 0 Å². The van der Waals surface area contributed by atoms with Crippen molar-refractivity contribution in [3.05, 3.63) is 36.2 Å². The fourth-order valence-electron chi connectivity index (χ4n) is 3.01. The number of aromatic nitrogens is 5. The molecule has 4 rings (SSSR count). The van der Waals surface area contributed by atoms with Gasteiger partial charge in [0.15, 0.2) is 5.75 Å². The van der Waals surface area contributed by atoms with Crippen LogP contribution in [0, 0.1) is 0 Å². The smallest absolute Gasteiger partial charge is 0.368 e. The van der Waals surface area contributed by atoms with Crippen LogP contribution >= 0.6 is 0 Å². The third-order valence-electron chi connectivity index (χ3n) is 4.66. The van der Waals surface area contributed by atoms with Crippen molar-refractivity contribution in [1.82, 2.24) is 29.4 Å². The molecule has 3 heterocycles. The summed E-state index contributed by atoms with van der Waals surface area (Å²) >= 11 is 0. The van der Waals surface area contributed by atoms with Gasteiger partial charge in [-0.3, -0.25) is 0 Å². The molecule has 1 aliphatic heterocycles. The van der Waals surface area contributed by atoms with Crippen molar-refractivity contribution in [2.24, 2.45) is 0 Å². The second kappa shape index (κ2) is 7.98. The van der Waals surface area contributed by atoms with Gasteiger partial charge < -0.3 is 15.2 Å². The summed E-state index contributed by atoms with van der Waals surface area (Å²) in [6.45, 7) is -0.386. The molecular weight excluding hydrogens is 453 g/mol. The zero-order chi connectivity index (χ0) is 23.1. The molecule has 0 radical (unpaired) electrons. The van der Waals surface area contributed by atoms with E-state index in [1.165, 1.54) is 0 Å². The highest BCUT2D eigenvalue weighted by molar-refractivity contribution is 7.89. The Labute approximate surface area is 180 Å². The number of rotatable bonds is 6. The van der Waals surface area contributed by atoms with Crippen molar-refractivity contribution in [2.45, 2.75) is 12.1 Å². The Hall–Kier alpha value is -3.33. The van der Waals surface area contributed by atoms with Gasteiger partial charge in [-0.1, -0.05) is 23.4 Å². The minimum absolute atomic E-state index is 0.00610. The molecule has 1 saturated heterocycles. The highest BCUT2D eigenvalue weighted by Gasteiger charge is 2.45. The van der Waals surface area contributed by atoms with Crippen LogP contribution in [0.1, 0.15) is 11.8 Å². The van der Waals surface area contributed by atoms with E-state index in [0.29, 0.717) is 0 Å². The molecule has 1 fully saturated rings. The Morgan fingerprint density at radius 1 is 1.12 bits per heavy atom. The molecule has 3 aromatic rings. The topological polar surface area (TPSA) is 144 Å². The first-order chi connectivity index (χ1) is 15.0. The number of nitrogen functional groups attached to an aromatic ring is 1. The van der Waals surface area contributed by atoms with Gasteiger partial charge in [-0.15, -0.1) is 0 Å². The summed E-state index contributed by atoms with van der Waals surface area (Å²) in [6.07, 6.45) is -4.81. The number of alkyl halides is 3. The van der Waals surface area contributed by atoms with Crippen LogP contribution in [0.2, 0.25) is 0 Å². The Kier molecular flexibility index (Phi) is 5.46. The molecule has 0 bridgehead atoms. The van der Waals surface area contributed by atoms with Crippen molar-refractivity contribution in [3.63, 3.8) is 0 Å². The van der Waals surface area contributed by atoms with Crippen molar-refractivity contribution >= 4 is 27.6 Å². The van der Waals surface area contributed by atoms with E-state index >= 15 is 0 Å². The van der Waals surface area contributed by atoms with Crippen LogP contribution in [0.3, 0.4) is 0 Å².